The minimum Gasteiger partial charge on any atom is -0.300 e. The van der Waals surface area contributed by atoms with E-state index in [1.807, 2.05) is 11.3 Å². The minimum absolute atomic E-state index is 1.05. The fourth-order valence-electron chi connectivity index (χ4n) is 1.19. The molecule has 0 atom stereocenters. The molecule has 0 radical (unpaired) electrons. The predicted molar refractivity (Wildman–Crippen MR) is 63.8 cm³/mol. The van der Waals surface area contributed by atoms with Crippen molar-refractivity contribution >= 4 is 27.3 Å². The van der Waals surface area contributed by atoms with Crippen LogP contribution in [0.2, 0.25) is 0 Å². The van der Waals surface area contributed by atoms with Gasteiger partial charge >= 0.3 is 0 Å². The lowest BCUT2D eigenvalue weighted by molar-refractivity contribution is 0.353. The average Bonchev–Trinajstić information content (AvgIpc) is 2.52. The van der Waals surface area contributed by atoms with Crippen molar-refractivity contribution in [2.75, 3.05) is 18.9 Å². The highest BCUT2D eigenvalue weighted by molar-refractivity contribution is 9.09. The van der Waals surface area contributed by atoms with E-state index >= 15 is 0 Å². The van der Waals surface area contributed by atoms with Crippen LogP contribution in [0.4, 0.5) is 0 Å². The van der Waals surface area contributed by atoms with Crippen molar-refractivity contribution in [1.29, 1.82) is 0 Å². The van der Waals surface area contributed by atoms with E-state index in [9.17, 15) is 0 Å². The standard InChI is InChI=1S/C10H16BrNS/c1-3-9-4-5-10(13-9)8-12(2)7-6-11/h4-5H,3,6-8H2,1-2H3. The van der Waals surface area contributed by atoms with Gasteiger partial charge in [0.25, 0.3) is 0 Å². The molecule has 0 N–H and O–H groups in total. The molecule has 1 heterocycles. The maximum atomic E-state index is 3.44. The molecule has 3 heteroatoms. The van der Waals surface area contributed by atoms with Crippen LogP contribution in [-0.2, 0) is 13.0 Å². The Labute approximate surface area is 92.9 Å². The van der Waals surface area contributed by atoms with Crippen LogP contribution in [0.25, 0.3) is 0 Å². The Balaban J connectivity index is 2.44. The highest BCUT2D eigenvalue weighted by Gasteiger charge is 2.01. The normalized spacial score (nSPS) is 11.1. The molecule has 0 amide bonds. The van der Waals surface area contributed by atoms with E-state index in [2.05, 4.69) is 46.9 Å². The van der Waals surface area contributed by atoms with Crippen LogP contribution in [0.5, 0.6) is 0 Å². The van der Waals surface area contributed by atoms with E-state index in [0.29, 0.717) is 0 Å². The van der Waals surface area contributed by atoms with Gasteiger partial charge in [0.15, 0.2) is 0 Å². The van der Waals surface area contributed by atoms with Crippen molar-refractivity contribution in [3.63, 3.8) is 0 Å². The predicted octanol–water partition coefficient (Wildman–Crippen LogP) is 3.14. The molecule has 0 spiro atoms. The molecule has 13 heavy (non-hydrogen) atoms. The molecular weight excluding hydrogens is 246 g/mol. The Hall–Kier alpha value is 0.140. The third kappa shape index (κ3) is 3.79. The summed E-state index contributed by atoms with van der Waals surface area (Å²) < 4.78 is 0. The zero-order valence-corrected chi connectivity index (χ0v) is 10.6. The molecule has 0 aliphatic carbocycles. The van der Waals surface area contributed by atoms with Gasteiger partial charge < -0.3 is 4.90 Å². The van der Waals surface area contributed by atoms with E-state index in [1.54, 1.807) is 0 Å². The number of thiophene rings is 1. The first-order chi connectivity index (χ1) is 6.26. The van der Waals surface area contributed by atoms with Crippen LogP contribution < -0.4 is 0 Å². The first kappa shape index (κ1) is 11.2. The molecule has 0 aliphatic rings. The SMILES string of the molecule is CCc1ccc(CN(C)CCBr)s1. The largest absolute Gasteiger partial charge is 0.300 e. The van der Waals surface area contributed by atoms with Crippen molar-refractivity contribution in [2.45, 2.75) is 19.9 Å². The fourth-order valence-corrected chi connectivity index (χ4v) is 2.83. The maximum Gasteiger partial charge on any atom is 0.0325 e. The maximum absolute atomic E-state index is 3.44. The van der Waals surface area contributed by atoms with Crippen LogP contribution in [0.3, 0.4) is 0 Å². The summed E-state index contributed by atoms with van der Waals surface area (Å²) in [7, 11) is 2.16. The van der Waals surface area contributed by atoms with Crippen molar-refractivity contribution in [2.24, 2.45) is 0 Å². The lowest BCUT2D eigenvalue weighted by Gasteiger charge is -2.12. The Morgan fingerprint density at radius 1 is 1.38 bits per heavy atom. The molecule has 0 fully saturated rings. The summed E-state index contributed by atoms with van der Waals surface area (Å²) in [5, 5.41) is 1.05. The van der Waals surface area contributed by atoms with Crippen LogP contribution in [0.15, 0.2) is 12.1 Å². The van der Waals surface area contributed by atoms with Gasteiger partial charge in [0.1, 0.15) is 0 Å². The summed E-state index contributed by atoms with van der Waals surface area (Å²) in [6, 6.07) is 4.48. The Kier molecular flexibility index (Phi) is 4.99. The second-order valence-corrected chi connectivity index (χ2v) is 5.19. The summed E-state index contributed by atoms with van der Waals surface area (Å²) in [6.07, 6.45) is 1.16. The third-order valence-corrected chi connectivity index (χ3v) is 3.53. The molecule has 0 unspecified atom stereocenters. The Morgan fingerprint density at radius 3 is 2.62 bits per heavy atom. The molecular formula is C10H16BrNS. The third-order valence-electron chi connectivity index (χ3n) is 1.96. The lowest BCUT2D eigenvalue weighted by atomic mass is 10.3. The van der Waals surface area contributed by atoms with Crippen molar-refractivity contribution in [3.05, 3.63) is 21.9 Å². The molecule has 0 aliphatic heterocycles. The van der Waals surface area contributed by atoms with Gasteiger partial charge in [-0.05, 0) is 25.6 Å². The number of hydrogen-bond acceptors (Lipinski definition) is 2. The van der Waals surface area contributed by atoms with Gasteiger partial charge in [-0.3, -0.25) is 0 Å². The van der Waals surface area contributed by atoms with Crippen LogP contribution >= 0.6 is 27.3 Å². The topological polar surface area (TPSA) is 3.24 Å². The number of halogens is 1. The molecule has 0 saturated heterocycles. The summed E-state index contributed by atoms with van der Waals surface area (Å²) in [6.45, 7) is 4.40. The van der Waals surface area contributed by atoms with Gasteiger partial charge in [0, 0.05) is 28.2 Å². The first-order valence-electron chi connectivity index (χ1n) is 4.58. The number of rotatable bonds is 5. The summed E-state index contributed by atoms with van der Waals surface area (Å²) in [5.41, 5.74) is 0. The van der Waals surface area contributed by atoms with Crippen LogP contribution in [0.1, 0.15) is 16.7 Å². The highest BCUT2D eigenvalue weighted by atomic mass is 79.9. The van der Waals surface area contributed by atoms with Gasteiger partial charge in [-0.15, -0.1) is 11.3 Å². The van der Waals surface area contributed by atoms with Crippen molar-refractivity contribution in [3.8, 4) is 0 Å². The lowest BCUT2D eigenvalue weighted by Crippen LogP contribution is -2.19. The van der Waals surface area contributed by atoms with E-state index in [-0.39, 0.29) is 0 Å². The molecule has 74 valence electrons. The molecule has 0 bridgehead atoms. The zero-order chi connectivity index (χ0) is 9.68. The van der Waals surface area contributed by atoms with Gasteiger partial charge in [-0.25, -0.2) is 0 Å². The number of nitrogens with zero attached hydrogens (tertiary/aromatic N) is 1. The van der Waals surface area contributed by atoms with Gasteiger partial charge in [0.05, 0.1) is 0 Å². The number of aryl methyl sites for hydroxylation is 1. The van der Waals surface area contributed by atoms with E-state index in [1.165, 1.54) is 9.75 Å². The smallest absolute Gasteiger partial charge is 0.0325 e. The summed E-state index contributed by atoms with van der Waals surface area (Å²) in [5.74, 6) is 0. The van der Waals surface area contributed by atoms with Crippen molar-refractivity contribution in [1.82, 2.24) is 4.90 Å². The Bertz CT molecular complexity index is 247. The first-order valence-corrected chi connectivity index (χ1v) is 6.52. The fraction of sp³-hybridized carbons (Fsp3) is 0.600. The monoisotopic (exact) mass is 261 g/mol. The average molecular weight is 262 g/mol. The van der Waals surface area contributed by atoms with Gasteiger partial charge in [0.2, 0.25) is 0 Å². The summed E-state index contributed by atoms with van der Waals surface area (Å²) >= 11 is 5.37. The number of hydrogen-bond donors (Lipinski definition) is 0. The molecule has 0 saturated carbocycles. The van der Waals surface area contributed by atoms with E-state index in [0.717, 1.165) is 24.8 Å². The van der Waals surface area contributed by atoms with E-state index in [4.69, 9.17) is 0 Å². The van der Waals surface area contributed by atoms with Crippen molar-refractivity contribution < 1.29 is 0 Å². The van der Waals surface area contributed by atoms with Crippen LogP contribution in [-0.4, -0.2) is 23.8 Å². The minimum atomic E-state index is 1.05. The second-order valence-electron chi connectivity index (χ2n) is 3.15. The second kappa shape index (κ2) is 5.78. The zero-order valence-electron chi connectivity index (χ0n) is 8.22. The quantitative estimate of drug-likeness (QED) is 0.737. The molecule has 0 aromatic carbocycles. The van der Waals surface area contributed by atoms with Gasteiger partial charge in [-0.2, -0.15) is 0 Å². The molecule has 1 aromatic heterocycles. The molecule has 1 nitrogen and oxygen atoms in total. The Morgan fingerprint density at radius 2 is 2.08 bits per heavy atom. The summed E-state index contributed by atoms with van der Waals surface area (Å²) in [4.78, 5) is 5.29. The highest BCUT2D eigenvalue weighted by Crippen LogP contribution is 2.18. The van der Waals surface area contributed by atoms with Crippen LogP contribution in [0, 0.1) is 0 Å². The van der Waals surface area contributed by atoms with E-state index < -0.39 is 0 Å². The molecule has 1 aromatic rings. The molecule has 1 rings (SSSR count). The van der Waals surface area contributed by atoms with Gasteiger partial charge in [-0.1, -0.05) is 22.9 Å². The number of alkyl halides is 1.